The molecule has 0 N–H and O–H groups in total. The van der Waals surface area contributed by atoms with Gasteiger partial charge in [-0.15, -0.1) is 0 Å². The van der Waals surface area contributed by atoms with Crippen LogP contribution < -0.4 is 0 Å². The third-order valence-electron chi connectivity index (χ3n) is 1.16. The molecule has 0 radical (unpaired) electrons. The van der Waals surface area contributed by atoms with Crippen LogP contribution >= 0.6 is 11.9 Å². The number of morpholine rings is 1. The Morgan fingerprint density at radius 1 is 1.44 bits per heavy atom. The smallest absolute Gasteiger partial charge is 0.191 e. The number of nitrogens with zero attached hydrogens (tertiary/aromatic N) is 1. The molecule has 0 aromatic rings. The number of hydrogen-bond acceptors (Lipinski definition) is 4. The molecule has 1 rings (SSSR count). The van der Waals surface area contributed by atoms with Crippen molar-refractivity contribution in [3.8, 4) is 0 Å². The Morgan fingerprint density at radius 2 is 2.11 bits per heavy atom. The van der Waals surface area contributed by atoms with E-state index in [0.29, 0.717) is 0 Å². The first-order valence-corrected chi connectivity index (χ1v) is 3.70. The van der Waals surface area contributed by atoms with E-state index in [-0.39, 0.29) is 0 Å². The Bertz CT molecular complexity index is 93.0. The standard InChI is InChI=1S/C5H9NO2S/c7-5-9-6-1-3-8-4-2-6/h5H,1-4H2. The van der Waals surface area contributed by atoms with E-state index in [1.54, 1.807) is 0 Å². The molecule has 0 atom stereocenters. The lowest BCUT2D eigenvalue weighted by atomic mass is 10.5. The summed E-state index contributed by atoms with van der Waals surface area (Å²) < 4.78 is 7.07. The van der Waals surface area contributed by atoms with Crippen molar-refractivity contribution in [2.45, 2.75) is 0 Å². The van der Waals surface area contributed by atoms with Gasteiger partial charge in [-0.05, 0) is 11.9 Å². The molecule has 0 saturated carbocycles. The topological polar surface area (TPSA) is 29.5 Å². The lowest BCUT2D eigenvalue weighted by molar-refractivity contribution is 0.0777. The molecule has 0 amide bonds. The largest absolute Gasteiger partial charge is 0.379 e. The van der Waals surface area contributed by atoms with Gasteiger partial charge in [-0.1, -0.05) is 0 Å². The first-order valence-electron chi connectivity index (χ1n) is 2.86. The summed E-state index contributed by atoms with van der Waals surface area (Å²) in [5.74, 6) is 0. The summed E-state index contributed by atoms with van der Waals surface area (Å²) in [5, 5.41) is 0. The summed E-state index contributed by atoms with van der Waals surface area (Å²) in [6.45, 7) is 3.23. The van der Waals surface area contributed by atoms with Crippen LogP contribution in [0.3, 0.4) is 0 Å². The maximum atomic E-state index is 9.95. The Kier molecular flexibility index (Phi) is 3.03. The van der Waals surface area contributed by atoms with E-state index in [0.717, 1.165) is 31.9 Å². The fourth-order valence-corrected chi connectivity index (χ4v) is 1.19. The molecule has 1 aliphatic rings. The molecule has 1 fully saturated rings. The molecule has 0 spiro atoms. The van der Waals surface area contributed by atoms with E-state index in [1.165, 1.54) is 11.9 Å². The SMILES string of the molecule is O=CSN1CCOCC1. The Hall–Kier alpha value is -0.0600. The van der Waals surface area contributed by atoms with Crippen LogP contribution in [0, 0.1) is 0 Å². The second-order valence-corrected chi connectivity index (χ2v) is 2.66. The fraction of sp³-hybridized carbons (Fsp3) is 0.800. The molecule has 0 unspecified atom stereocenters. The van der Waals surface area contributed by atoms with Crippen LogP contribution in [0.5, 0.6) is 0 Å². The molecule has 9 heavy (non-hydrogen) atoms. The highest BCUT2D eigenvalue weighted by Crippen LogP contribution is 2.07. The third-order valence-corrected chi connectivity index (χ3v) is 1.91. The van der Waals surface area contributed by atoms with Gasteiger partial charge in [0.25, 0.3) is 0 Å². The van der Waals surface area contributed by atoms with Gasteiger partial charge in [0.1, 0.15) is 0 Å². The van der Waals surface area contributed by atoms with Crippen molar-refractivity contribution >= 4 is 17.6 Å². The van der Waals surface area contributed by atoms with Crippen LogP contribution in [0.2, 0.25) is 0 Å². The molecule has 1 saturated heterocycles. The molecule has 0 aliphatic carbocycles. The number of hydrogen-bond donors (Lipinski definition) is 0. The van der Waals surface area contributed by atoms with Crippen LogP contribution in [0.1, 0.15) is 0 Å². The van der Waals surface area contributed by atoms with E-state index in [1.807, 2.05) is 4.31 Å². The monoisotopic (exact) mass is 147 g/mol. The summed E-state index contributed by atoms with van der Waals surface area (Å²) in [6.07, 6.45) is 0. The average molecular weight is 147 g/mol. The van der Waals surface area contributed by atoms with Crippen molar-refractivity contribution in [2.24, 2.45) is 0 Å². The molecular weight excluding hydrogens is 138 g/mol. The van der Waals surface area contributed by atoms with Gasteiger partial charge in [-0.25, -0.2) is 4.31 Å². The van der Waals surface area contributed by atoms with E-state index in [2.05, 4.69) is 0 Å². The van der Waals surface area contributed by atoms with Gasteiger partial charge in [-0.2, -0.15) is 0 Å². The van der Waals surface area contributed by atoms with Crippen molar-refractivity contribution < 1.29 is 9.53 Å². The molecule has 3 nitrogen and oxygen atoms in total. The number of rotatable bonds is 2. The van der Waals surface area contributed by atoms with Gasteiger partial charge in [0.05, 0.1) is 13.2 Å². The van der Waals surface area contributed by atoms with Crippen molar-refractivity contribution in [3.63, 3.8) is 0 Å². The van der Waals surface area contributed by atoms with Crippen LogP contribution in [0.4, 0.5) is 0 Å². The highest BCUT2D eigenvalue weighted by atomic mass is 32.2. The summed E-state index contributed by atoms with van der Waals surface area (Å²) in [7, 11) is 0. The Balaban J connectivity index is 2.15. The van der Waals surface area contributed by atoms with Gasteiger partial charge in [0, 0.05) is 13.1 Å². The minimum absolute atomic E-state index is 0.751. The molecular formula is C5H9NO2S. The van der Waals surface area contributed by atoms with Crippen LogP contribution in [-0.2, 0) is 9.53 Å². The van der Waals surface area contributed by atoms with Crippen LogP contribution in [0.25, 0.3) is 0 Å². The lowest BCUT2D eigenvalue weighted by Crippen LogP contribution is -2.30. The predicted octanol–water partition coefficient (Wildman–Crippen LogP) is 0.157. The van der Waals surface area contributed by atoms with Crippen LogP contribution in [-0.4, -0.2) is 36.2 Å². The molecule has 52 valence electrons. The molecule has 1 heterocycles. The van der Waals surface area contributed by atoms with E-state index in [9.17, 15) is 4.79 Å². The van der Waals surface area contributed by atoms with Gasteiger partial charge in [0.15, 0.2) is 5.62 Å². The molecule has 0 aromatic heterocycles. The minimum atomic E-state index is 0.751. The van der Waals surface area contributed by atoms with Gasteiger partial charge >= 0.3 is 0 Å². The zero-order valence-electron chi connectivity index (χ0n) is 5.08. The molecule has 0 bridgehead atoms. The average Bonchev–Trinajstić information content (AvgIpc) is 1.91. The van der Waals surface area contributed by atoms with Crippen molar-refractivity contribution in [3.05, 3.63) is 0 Å². The normalized spacial score (nSPS) is 21.8. The minimum Gasteiger partial charge on any atom is -0.379 e. The molecule has 0 aromatic carbocycles. The summed E-state index contributed by atoms with van der Waals surface area (Å²) in [6, 6.07) is 0. The second-order valence-electron chi connectivity index (χ2n) is 1.74. The third kappa shape index (κ3) is 2.34. The maximum absolute atomic E-state index is 9.95. The Labute approximate surface area is 58.5 Å². The number of carbonyl (C=O) groups excluding carboxylic acids is 1. The zero-order chi connectivity index (χ0) is 6.53. The highest BCUT2D eigenvalue weighted by molar-refractivity contribution is 8.09. The predicted molar refractivity (Wildman–Crippen MR) is 36.7 cm³/mol. The van der Waals surface area contributed by atoms with Crippen molar-refractivity contribution in [1.82, 2.24) is 4.31 Å². The first-order chi connectivity index (χ1) is 4.43. The Morgan fingerprint density at radius 3 is 2.67 bits per heavy atom. The van der Waals surface area contributed by atoms with Crippen molar-refractivity contribution in [1.29, 1.82) is 0 Å². The zero-order valence-corrected chi connectivity index (χ0v) is 5.89. The van der Waals surface area contributed by atoms with Gasteiger partial charge in [-0.3, -0.25) is 4.79 Å². The highest BCUT2D eigenvalue weighted by Gasteiger charge is 2.08. The van der Waals surface area contributed by atoms with Gasteiger partial charge < -0.3 is 4.74 Å². The summed E-state index contributed by atoms with van der Waals surface area (Å²) >= 11 is 1.22. The first kappa shape index (κ1) is 7.05. The van der Waals surface area contributed by atoms with Crippen molar-refractivity contribution in [2.75, 3.05) is 26.3 Å². The number of carbonyl (C=O) groups is 1. The summed E-state index contributed by atoms with van der Waals surface area (Å²) in [5.41, 5.74) is 0.852. The fourth-order valence-electron chi connectivity index (χ4n) is 0.713. The molecule has 1 aliphatic heterocycles. The maximum Gasteiger partial charge on any atom is 0.191 e. The quantitative estimate of drug-likeness (QED) is 0.411. The summed E-state index contributed by atoms with van der Waals surface area (Å²) in [4.78, 5) is 9.95. The lowest BCUT2D eigenvalue weighted by Gasteiger charge is -2.22. The second kappa shape index (κ2) is 3.87. The van der Waals surface area contributed by atoms with Crippen LogP contribution in [0.15, 0.2) is 0 Å². The molecule has 4 heteroatoms. The van der Waals surface area contributed by atoms with E-state index < -0.39 is 0 Å². The number of ether oxygens (including phenoxy) is 1. The van der Waals surface area contributed by atoms with E-state index in [4.69, 9.17) is 4.74 Å². The van der Waals surface area contributed by atoms with E-state index >= 15 is 0 Å². The van der Waals surface area contributed by atoms with Gasteiger partial charge in [0.2, 0.25) is 0 Å².